The number of carbonyl (C=O) groups is 1. The fourth-order valence-electron chi connectivity index (χ4n) is 4.31. The molecule has 0 spiro atoms. The molecule has 1 amide bonds. The SMILES string of the molecule is O=C(Cc1cccs1)N1CC(CN2CCCC2)C(c2ccccc2)C1. The summed E-state index contributed by atoms with van der Waals surface area (Å²) in [6, 6.07) is 14.9. The molecule has 25 heavy (non-hydrogen) atoms. The third-order valence-corrected chi connectivity index (χ3v) is 6.49. The molecule has 2 unspecified atom stereocenters. The van der Waals surface area contributed by atoms with Crippen molar-refractivity contribution in [2.75, 3.05) is 32.7 Å². The third-order valence-electron chi connectivity index (χ3n) is 5.62. The predicted octanol–water partition coefficient (Wildman–Crippen LogP) is 3.63. The molecular weight excluding hydrogens is 328 g/mol. The first kappa shape index (κ1) is 16.8. The molecule has 4 rings (SSSR count). The molecule has 0 bridgehead atoms. The van der Waals surface area contributed by atoms with Crippen molar-refractivity contribution in [1.29, 1.82) is 0 Å². The molecular formula is C21H26N2OS. The van der Waals surface area contributed by atoms with Gasteiger partial charge in [0.15, 0.2) is 0 Å². The van der Waals surface area contributed by atoms with Crippen LogP contribution in [0.2, 0.25) is 0 Å². The summed E-state index contributed by atoms with van der Waals surface area (Å²) in [4.78, 5) is 18.7. The van der Waals surface area contributed by atoms with Crippen molar-refractivity contribution in [1.82, 2.24) is 9.80 Å². The Bertz CT molecular complexity index is 679. The van der Waals surface area contributed by atoms with Gasteiger partial charge in [0.1, 0.15) is 0 Å². The Labute approximate surface area is 154 Å². The van der Waals surface area contributed by atoms with Gasteiger partial charge in [-0.15, -0.1) is 11.3 Å². The average Bonchev–Trinajstić information content (AvgIpc) is 3.38. The first-order valence-corrected chi connectivity index (χ1v) is 10.2. The third kappa shape index (κ3) is 3.96. The Balaban J connectivity index is 1.48. The number of nitrogens with zero attached hydrogens (tertiary/aromatic N) is 2. The van der Waals surface area contributed by atoms with E-state index in [1.54, 1.807) is 11.3 Å². The number of amides is 1. The van der Waals surface area contributed by atoms with Crippen LogP contribution in [0.3, 0.4) is 0 Å². The molecule has 2 saturated heterocycles. The van der Waals surface area contributed by atoms with Crippen LogP contribution in [0.5, 0.6) is 0 Å². The molecule has 3 nitrogen and oxygen atoms in total. The van der Waals surface area contributed by atoms with E-state index in [4.69, 9.17) is 0 Å². The Morgan fingerprint density at radius 1 is 1.04 bits per heavy atom. The van der Waals surface area contributed by atoms with Crippen molar-refractivity contribution in [3.63, 3.8) is 0 Å². The molecule has 3 heterocycles. The summed E-state index contributed by atoms with van der Waals surface area (Å²) in [5, 5.41) is 2.05. The average molecular weight is 355 g/mol. The number of rotatable bonds is 5. The minimum Gasteiger partial charge on any atom is -0.341 e. The van der Waals surface area contributed by atoms with Crippen LogP contribution in [-0.2, 0) is 11.2 Å². The van der Waals surface area contributed by atoms with Gasteiger partial charge in [-0.1, -0.05) is 36.4 Å². The standard InChI is InChI=1S/C21H26N2OS/c24-21(13-19-9-6-12-25-19)23-15-18(14-22-10-4-5-11-22)20(16-23)17-7-2-1-3-8-17/h1-3,6-9,12,18,20H,4-5,10-11,13-16H2. The minimum absolute atomic E-state index is 0.285. The molecule has 0 radical (unpaired) electrons. The van der Waals surface area contributed by atoms with E-state index < -0.39 is 0 Å². The number of carbonyl (C=O) groups excluding carboxylic acids is 1. The lowest BCUT2D eigenvalue weighted by Crippen LogP contribution is -2.32. The van der Waals surface area contributed by atoms with E-state index in [1.165, 1.54) is 36.4 Å². The predicted molar refractivity (Wildman–Crippen MR) is 103 cm³/mol. The molecule has 2 aromatic rings. The first-order chi connectivity index (χ1) is 12.3. The highest BCUT2D eigenvalue weighted by molar-refractivity contribution is 7.10. The molecule has 0 N–H and O–H groups in total. The van der Waals surface area contributed by atoms with Crippen molar-refractivity contribution in [3.05, 3.63) is 58.3 Å². The summed E-state index contributed by atoms with van der Waals surface area (Å²) in [5.41, 5.74) is 1.39. The van der Waals surface area contributed by atoms with Gasteiger partial charge in [-0.2, -0.15) is 0 Å². The lowest BCUT2D eigenvalue weighted by atomic mass is 9.88. The van der Waals surface area contributed by atoms with E-state index >= 15 is 0 Å². The van der Waals surface area contributed by atoms with Gasteiger partial charge >= 0.3 is 0 Å². The largest absolute Gasteiger partial charge is 0.341 e. The molecule has 2 aliphatic heterocycles. The second kappa shape index (κ2) is 7.71. The maximum atomic E-state index is 12.8. The monoisotopic (exact) mass is 354 g/mol. The maximum absolute atomic E-state index is 12.8. The van der Waals surface area contributed by atoms with E-state index in [9.17, 15) is 4.79 Å². The number of hydrogen-bond acceptors (Lipinski definition) is 3. The molecule has 2 aliphatic rings. The zero-order chi connectivity index (χ0) is 17.1. The number of likely N-dealkylation sites (tertiary alicyclic amines) is 2. The van der Waals surface area contributed by atoms with Gasteiger partial charge in [0.2, 0.25) is 5.91 Å². The van der Waals surface area contributed by atoms with Crippen molar-refractivity contribution in [2.24, 2.45) is 5.92 Å². The van der Waals surface area contributed by atoms with E-state index in [0.29, 0.717) is 18.3 Å². The summed E-state index contributed by atoms with van der Waals surface area (Å²) < 4.78 is 0. The van der Waals surface area contributed by atoms with E-state index in [1.807, 2.05) is 6.07 Å². The Morgan fingerprint density at radius 3 is 2.56 bits per heavy atom. The van der Waals surface area contributed by atoms with Crippen LogP contribution >= 0.6 is 11.3 Å². The molecule has 2 fully saturated rings. The number of hydrogen-bond donors (Lipinski definition) is 0. The summed E-state index contributed by atoms with van der Waals surface area (Å²) >= 11 is 1.68. The van der Waals surface area contributed by atoms with Crippen molar-refractivity contribution < 1.29 is 4.79 Å². The summed E-state index contributed by atoms with van der Waals surface area (Å²) in [5.74, 6) is 1.30. The Hall–Kier alpha value is -1.65. The summed E-state index contributed by atoms with van der Waals surface area (Å²) in [7, 11) is 0. The van der Waals surface area contributed by atoms with Crippen molar-refractivity contribution >= 4 is 17.2 Å². The zero-order valence-electron chi connectivity index (χ0n) is 14.6. The fourth-order valence-corrected chi connectivity index (χ4v) is 5.00. The van der Waals surface area contributed by atoms with Gasteiger partial charge in [-0.3, -0.25) is 4.79 Å². The van der Waals surface area contributed by atoms with Gasteiger partial charge in [-0.05, 0) is 48.9 Å². The van der Waals surface area contributed by atoms with Crippen LogP contribution in [0.1, 0.15) is 29.2 Å². The van der Waals surface area contributed by atoms with Crippen LogP contribution in [0, 0.1) is 5.92 Å². The van der Waals surface area contributed by atoms with Gasteiger partial charge < -0.3 is 9.80 Å². The molecule has 0 aliphatic carbocycles. The fraction of sp³-hybridized carbons (Fsp3) is 0.476. The zero-order valence-corrected chi connectivity index (χ0v) is 15.5. The molecule has 1 aromatic carbocycles. The lowest BCUT2D eigenvalue weighted by Gasteiger charge is -2.24. The van der Waals surface area contributed by atoms with Gasteiger partial charge in [0, 0.05) is 30.4 Å². The highest BCUT2D eigenvalue weighted by Gasteiger charge is 2.37. The highest BCUT2D eigenvalue weighted by atomic mass is 32.1. The van der Waals surface area contributed by atoms with Gasteiger partial charge in [0.05, 0.1) is 6.42 Å². The van der Waals surface area contributed by atoms with Crippen LogP contribution in [0.15, 0.2) is 47.8 Å². The Kier molecular flexibility index (Phi) is 5.18. The lowest BCUT2D eigenvalue weighted by molar-refractivity contribution is -0.129. The molecule has 4 heteroatoms. The summed E-state index contributed by atoms with van der Waals surface area (Å²) in [6.45, 7) is 5.34. The van der Waals surface area contributed by atoms with Crippen LogP contribution in [0.4, 0.5) is 0 Å². The Morgan fingerprint density at radius 2 is 1.84 bits per heavy atom. The van der Waals surface area contributed by atoms with Gasteiger partial charge in [-0.25, -0.2) is 0 Å². The summed E-state index contributed by atoms with van der Waals surface area (Å²) in [6.07, 6.45) is 3.20. The van der Waals surface area contributed by atoms with Crippen molar-refractivity contribution in [2.45, 2.75) is 25.2 Å². The molecule has 1 aromatic heterocycles. The highest BCUT2D eigenvalue weighted by Crippen LogP contribution is 2.34. The quantitative estimate of drug-likeness (QED) is 0.819. The van der Waals surface area contributed by atoms with Crippen LogP contribution in [-0.4, -0.2) is 48.4 Å². The molecule has 0 saturated carbocycles. The number of benzene rings is 1. The second-order valence-electron chi connectivity index (χ2n) is 7.34. The van der Waals surface area contributed by atoms with Crippen LogP contribution < -0.4 is 0 Å². The molecule has 132 valence electrons. The van der Waals surface area contributed by atoms with Crippen LogP contribution in [0.25, 0.3) is 0 Å². The van der Waals surface area contributed by atoms with E-state index in [2.05, 4.69) is 51.6 Å². The second-order valence-corrected chi connectivity index (χ2v) is 8.37. The van der Waals surface area contributed by atoms with E-state index in [-0.39, 0.29) is 5.91 Å². The minimum atomic E-state index is 0.285. The van der Waals surface area contributed by atoms with E-state index in [0.717, 1.165) is 19.6 Å². The maximum Gasteiger partial charge on any atom is 0.227 e. The first-order valence-electron chi connectivity index (χ1n) is 9.37. The topological polar surface area (TPSA) is 23.6 Å². The smallest absolute Gasteiger partial charge is 0.227 e. The number of thiophene rings is 1. The van der Waals surface area contributed by atoms with Crippen molar-refractivity contribution in [3.8, 4) is 0 Å². The molecule has 2 atom stereocenters. The van der Waals surface area contributed by atoms with Gasteiger partial charge in [0.25, 0.3) is 0 Å². The normalized spacial score (nSPS) is 24.1.